The van der Waals surface area contributed by atoms with E-state index < -0.39 is 23.6 Å². The molecule has 1 aromatic carbocycles. The van der Waals surface area contributed by atoms with Gasteiger partial charge in [0.05, 0.1) is 19.3 Å². The molecule has 1 aliphatic carbocycles. The molecule has 1 aliphatic rings. The van der Waals surface area contributed by atoms with Crippen LogP contribution >= 0.6 is 0 Å². The third-order valence-corrected chi connectivity index (χ3v) is 3.90. The van der Waals surface area contributed by atoms with Gasteiger partial charge in [0.1, 0.15) is 5.75 Å². The van der Waals surface area contributed by atoms with Gasteiger partial charge in [0, 0.05) is 6.42 Å². The molecule has 4 nitrogen and oxygen atoms in total. The van der Waals surface area contributed by atoms with Crippen molar-refractivity contribution in [3.8, 4) is 5.75 Å². The first kappa shape index (κ1) is 16.4. The number of halogens is 2. The molecule has 1 aromatic rings. The SMILES string of the molecule is CCCCOC(=O)C1(C(F)F)Cc2cccc(OC)c2C1=O. The van der Waals surface area contributed by atoms with Crippen molar-refractivity contribution in [2.75, 3.05) is 13.7 Å². The van der Waals surface area contributed by atoms with E-state index in [1.165, 1.54) is 13.2 Å². The molecule has 6 heteroatoms. The van der Waals surface area contributed by atoms with E-state index >= 15 is 0 Å². The number of rotatable bonds is 6. The first-order chi connectivity index (χ1) is 10.5. The molecular weight excluding hydrogens is 294 g/mol. The lowest BCUT2D eigenvalue weighted by molar-refractivity contribution is -0.160. The van der Waals surface area contributed by atoms with Crippen molar-refractivity contribution in [3.05, 3.63) is 29.3 Å². The minimum Gasteiger partial charge on any atom is -0.496 e. The molecular formula is C16H18F2O4. The molecule has 0 aliphatic heterocycles. The number of carbonyl (C=O) groups is 2. The van der Waals surface area contributed by atoms with Gasteiger partial charge < -0.3 is 9.47 Å². The van der Waals surface area contributed by atoms with Gasteiger partial charge in [-0.05, 0) is 18.1 Å². The number of fused-ring (bicyclic) bond motifs is 1. The van der Waals surface area contributed by atoms with E-state index in [4.69, 9.17) is 9.47 Å². The molecule has 0 amide bonds. The van der Waals surface area contributed by atoms with E-state index in [0.717, 1.165) is 6.42 Å². The van der Waals surface area contributed by atoms with E-state index in [1.807, 2.05) is 6.92 Å². The van der Waals surface area contributed by atoms with Gasteiger partial charge in [-0.25, -0.2) is 8.78 Å². The predicted molar refractivity (Wildman–Crippen MR) is 75.3 cm³/mol. The molecule has 0 saturated carbocycles. The summed E-state index contributed by atoms with van der Waals surface area (Å²) < 4.78 is 37.3. The number of ether oxygens (including phenoxy) is 2. The maximum absolute atomic E-state index is 13.6. The van der Waals surface area contributed by atoms with Gasteiger partial charge in [-0.2, -0.15) is 0 Å². The Morgan fingerprint density at radius 2 is 2.14 bits per heavy atom. The third kappa shape index (κ3) is 2.46. The summed E-state index contributed by atoms with van der Waals surface area (Å²) in [6, 6.07) is 4.68. The van der Waals surface area contributed by atoms with Crippen molar-refractivity contribution in [2.24, 2.45) is 5.41 Å². The second kappa shape index (κ2) is 6.42. The molecule has 0 fully saturated rings. The molecule has 22 heavy (non-hydrogen) atoms. The van der Waals surface area contributed by atoms with Crippen LogP contribution in [0.2, 0.25) is 0 Å². The Morgan fingerprint density at radius 3 is 2.73 bits per heavy atom. The number of alkyl halides is 2. The highest BCUT2D eigenvalue weighted by Gasteiger charge is 2.60. The average Bonchev–Trinajstić information content (AvgIpc) is 2.82. The van der Waals surface area contributed by atoms with Crippen molar-refractivity contribution in [3.63, 3.8) is 0 Å². The molecule has 0 heterocycles. The number of benzene rings is 1. The van der Waals surface area contributed by atoms with Crippen LogP contribution in [0, 0.1) is 5.41 Å². The summed E-state index contributed by atoms with van der Waals surface area (Å²) in [4.78, 5) is 24.8. The Labute approximate surface area is 127 Å². The molecule has 1 atom stereocenters. The summed E-state index contributed by atoms with van der Waals surface area (Å²) in [6.07, 6.45) is -2.17. The zero-order valence-corrected chi connectivity index (χ0v) is 12.5. The lowest BCUT2D eigenvalue weighted by atomic mass is 9.84. The fraction of sp³-hybridized carbons (Fsp3) is 0.500. The smallest absolute Gasteiger partial charge is 0.326 e. The van der Waals surface area contributed by atoms with Gasteiger partial charge in [0.25, 0.3) is 6.43 Å². The van der Waals surface area contributed by atoms with Crippen LogP contribution in [0.4, 0.5) is 8.78 Å². The molecule has 0 saturated heterocycles. The summed E-state index contributed by atoms with van der Waals surface area (Å²) in [5.74, 6) is -1.87. The monoisotopic (exact) mass is 312 g/mol. The Hall–Kier alpha value is -1.98. The number of methoxy groups -OCH3 is 1. The average molecular weight is 312 g/mol. The minimum absolute atomic E-state index is 0.0323. The first-order valence-corrected chi connectivity index (χ1v) is 7.15. The van der Waals surface area contributed by atoms with E-state index in [9.17, 15) is 18.4 Å². The largest absolute Gasteiger partial charge is 0.496 e. The summed E-state index contributed by atoms with van der Waals surface area (Å²) in [7, 11) is 1.35. The summed E-state index contributed by atoms with van der Waals surface area (Å²) >= 11 is 0. The minimum atomic E-state index is -3.13. The van der Waals surface area contributed by atoms with Crippen molar-refractivity contribution in [1.82, 2.24) is 0 Å². The van der Waals surface area contributed by atoms with Gasteiger partial charge in [-0.15, -0.1) is 0 Å². The number of ketones is 1. The van der Waals surface area contributed by atoms with Crippen LogP contribution in [0.1, 0.15) is 35.7 Å². The van der Waals surface area contributed by atoms with Gasteiger partial charge in [-0.1, -0.05) is 25.5 Å². The number of esters is 1. The second-order valence-electron chi connectivity index (χ2n) is 5.26. The highest BCUT2D eigenvalue weighted by Crippen LogP contribution is 2.45. The molecule has 0 bridgehead atoms. The summed E-state index contributed by atoms with van der Waals surface area (Å²) in [5, 5.41) is 0. The Morgan fingerprint density at radius 1 is 1.41 bits per heavy atom. The lowest BCUT2D eigenvalue weighted by Gasteiger charge is -2.24. The van der Waals surface area contributed by atoms with E-state index in [1.54, 1.807) is 12.1 Å². The maximum Gasteiger partial charge on any atom is 0.326 e. The fourth-order valence-corrected chi connectivity index (χ4v) is 2.62. The maximum atomic E-state index is 13.6. The number of carbonyl (C=O) groups excluding carboxylic acids is 2. The molecule has 2 rings (SSSR count). The van der Waals surface area contributed by atoms with Crippen molar-refractivity contribution < 1.29 is 27.8 Å². The van der Waals surface area contributed by atoms with Gasteiger partial charge in [0.15, 0.2) is 11.2 Å². The van der Waals surface area contributed by atoms with Crippen LogP contribution in [0.25, 0.3) is 0 Å². The number of unbranched alkanes of at least 4 members (excludes halogenated alkanes) is 1. The van der Waals surface area contributed by atoms with Crippen LogP contribution < -0.4 is 4.74 Å². The summed E-state index contributed by atoms with van der Waals surface area (Å²) in [6.45, 7) is 1.92. The normalized spacial score (nSPS) is 20.1. The predicted octanol–water partition coefficient (Wildman–Crippen LogP) is 3.03. The van der Waals surface area contributed by atoms with Crippen LogP contribution in [0.3, 0.4) is 0 Å². The topological polar surface area (TPSA) is 52.6 Å². The number of hydrogen-bond acceptors (Lipinski definition) is 4. The van der Waals surface area contributed by atoms with Crippen molar-refractivity contribution >= 4 is 11.8 Å². The molecule has 0 aromatic heterocycles. The number of Topliss-reactive ketones (excluding diaryl/α,β-unsaturated/α-hetero) is 1. The Bertz CT molecular complexity index is 586. The fourth-order valence-electron chi connectivity index (χ4n) is 2.62. The quantitative estimate of drug-likeness (QED) is 0.460. The third-order valence-electron chi connectivity index (χ3n) is 3.90. The summed E-state index contributed by atoms with van der Waals surface area (Å²) in [5.41, 5.74) is -2.01. The molecule has 0 radical (unpaired) electrons. The van der Waals surface area contributed by atoms with Crippen LogP contribution in [0.5, 0.6) is 5.75 Å². The van der Waals surface area contributed by atoms with E-state index in [2.05, 4.69) is 0 Å². The number of hydrogen-bond donors (Lipinski definition) is 0. The zero-order chi connectivity index (χ0) is 16.3. The van der Waals surface area contributed by atoms with Gasteiger partial charge in [0.2, 0.25) is 0 Å². The van der Waals surface area contributed by atoms with Crippen LogP contribution in [0.15, 0.2) is 18.2 Å². The van der Waals surface area contributed by atoms with Gasteiger partial charge in [-0.3, -0.25) is 9.59 Å². The Balaban J connectivity index is 2.39. The van der Waals surface area contributed by atoms with E-state index in [-0.39, 0.29) is 24.3 Å². The standard InChI is InChI=1S/C16H18F2O4/c1-3-4-8-22-15(20)16(14(17)18)9-10-6-5-7-11(21-2)12(10)13(16)19/h5-7,14H,3-4,8-9H2,1-2H3. The molecule has 1 unspecified atom stereocenters. The highest BCUT2D eigenvalue weighted by molar-refractivity contribution is 6.17. The van der Waals surface area contributed by atoms with Crippen molar-refractivity contribution in [1.29, 1.82) is 0 Å². The molecule has 0 spiro atoms. The zero-order valence-electron chi connectivity index (χ0n) is 12.5. The molecule has 120 valence electrons. The second-order valence-corrected chi connectivity index (χ2v) is 5.26. The van der Waals surface area contributed by atoms with Crippen LogP contribution in [-0.2, 0) is 16.0 Å². The highest BCUT2D eigenvalue weighted by atomic mass is 19.3. The molecule has 0 N–H and O–H groups in total. The van der Waals surface area contributed by atoms with Crippen molar-refractivity contribution in [2.45, 2.75) is 32.6 Å². The van der Waals surface area contributed by atoms with E-state index in [0.29, 0.717) is 12.0 Å². The van der Waals surface area contributed by atoms with Crippen LogP contribution in [-0.4, -0.2) is 31.9 Å². The first-order valence-electron chi connectivity index (χ1n) is 7.15. The lowest BCUT2D eigenvalue weighted by Crippen LogP contribution is -2.45. The Kier molecular flexibility index (Phi) is 4.78. The van der Waals surface area contributed by atoms with Gasteiger partial charge >= 0.3 is 5.97 Å².